The second kappa shape index (κ2) is 6.25. The first kappa shape index (κ1) is 14.1. The Morgan fingerprint density at radius 3 is 2.30 bits per heavy atom. The fraction of sp³-hybridized carbons (Fsp3) is 0.133. The molecular weight excluding hydrogens is 262 g/mol. The monoisotopic (exact) mass is 276 g/mol. The predicted octanol–water partition coefficient (Wildman–Crippen LogP) is 2.60. The van der Waals surface area contributed by atoms with E-state index in [1.165, 1.54) is 36.4 Å². The summed E-state index contributed by atoms with van der Waals surface area (Å²) < 4.78 is 26.4. The molecule has 0 saturated heterocycles. The molecule has 0 aliphatic carbocycles. The quantitative estimate of drug-likeness (QED) is 0.902. The average molecular weight is 276 g/mol. The van der Waals surface area contributed by atoms with Crippen LogP contribution >= 0.6 is 0 Å². The molecule has 3 nitrogen and oxygen atoms in total. The van der Waals surface area contributed by atoms with Crippen molar-refractivity contribution >= 4 is 11.6 Å². The molecular formula is C15H14F2N2O. The molecule has 0 saturated carbocycles. The molecule has 0 aliphatic rings. The second-order valence-electron chi connectivity index (χ2n) is 4.37. The van der Waals surface area contributed by atoms with Gasteiger partial charge in [-0.3, -0.25) is 4.79 Å². The highest BCUT2D eigenvalue weighted by atomic mass is 19.1. The molecule has 0 atom stereocenters. The lowest BCUT2D eigenvalue weighted by molar-refractivity contribution is -0.115. The van der Waals surface area contributed by atoms with Crippen LogP contribution in [0.5, 0.6) is 0 Å². The van der Waals surface area contributed by atoms with Gasteiger partial charge in [0.2, 0.25) is 5.91 Å². The van der Waals surface area contributed by atoms with Crippen LogP contribution in [0, 0.1) is 11.6 Å². The molecule has 2 rings (SSSR count). The zero-order valence-electron chi connectivity index (χ0n) is 10.7. The summed E-state index contributed by atoms with van der Waals surface area (Å²) in [4.78, 5) is 11.8. The SMILES string of the molecule is NCc1ccc(NC(=O)Cc2ccc(F)cc2)c(F)c1. The number of halogens is 2. The molecule has 0 fully saturated rings. The number of carbonyl (C=O) groups excluding carboxylic acids is 1. The molecule has 104 valence electrons. The smallest absolute Gasteiger partial charge is 0.228 e. The molecule has 0 bridgehead atoms. The van der Waals surface area contributed by atoms with Crippen molar-refractivity contribution in [3.8, 4) is 0 Å². The van der Waals surface area contributed by atoms with E-state index in [1.807, 2.05) is 0 Å². The maximum atomic E-state index is 13.7. The maximum absolute atomic E-state index is 13.7. The predicted molar refractivity (Wildman–Crippen MR) is 73.0 cm³/mol. The number of amides is 1. The van der Waals surface area contributed by atoms with E-state index >= 15 is 0 Å². The van der Waals surface area contributed by atoms with E-state index < -0.39 is 5.82 Å². The van der Waals surface area contributed by atoms with Crippen LogP contribution in [0.3, 0.4) is 0 Å². The minimum absolute atomic E-state index is 0.0539. The Labute approximate surface area is 115 Å². The van der Waals surface area contributed by atoms with Crippen LogP contribution in [0.4, 0.5) is 14.5 Å². The minimum atomic E-state index is -0.527. The topological polar surface area (TPSA) is 55.1 Å². The van der Waals surface area contributed by atoms with Crippen LogP contribution < -0.4 is 11.1 Å². The van der Waals surface area contributed by atoms with Gasteiger partial charge in [0.05, 0.1) is 12.1 Å². The number of anilines is 1. The van der Waals surface area contributed by atoms with E-state index in [0.29, 0.717) is 11.1 Å². The van der Waals surface area contributed by atoms with Gasteiger partial charge < -0.3 is 11.1 Å². The molecule has 20 heavy (non-hydrogen) atoms. The Balaban J connectivity index is 2.02. The van der Waals surface area contributed by atoms with Gasteiger partial charge in [0.15, 0.2) is 0 Å². The van der Waals surface area contributed by atoms with Crippen molar-refractivity contribution < 1.29 is 13.6 Å². The van der Waals surface area contributed by atoms with Crippen molar-refractivity contribution in [3.05, 3.63) is 65.2 Å². The zero-order chi connectivity index (χ0) is 14.5. The van der Waals surface area contributed by atoms with Gasteiger partial charge in [-0.2, -0.15) is 0 Å². The first-order chi connectivity index (χ1) is 9.58. The number of nitrogens with two attached hydrogens (primary N) is 1. The summed E-state index contributed by atoms with van der Waals surface area (Å²) in [6.45, 7) is 0.237. The summed E-state index contributed by atoms with van der Waals surface area (Å²) >= 11 is 0. The van der Waals surface area contributed by atoms with Crippen molar-refractivity contribution in [3.63, 3.8) is 0 Å². The molecule has 5 heteroatoms. The van der Waals surface area contributed by atoms with E-state index in [4.69, 9.17) is 5.73 Å². The molecule has 2 aromatic carbocycles. The average Bonchev–Trinajstić information content (AvgIpc) is 2.43. The summed E-state index contributed by atoms with van der Waals surface area (Å²) in [6, 6.07) is 9.99. The number of benzene rings is 2. The first-order valence-corrected chi connectivity index (χ1v) is 6.11. The molecule has 0 aromatic heterocycles. The molecule has 3 N–H and O–H groups in total. The standard InChI is InChI=1S/C15H14F2N2O/c16-12-4-1-10(2-5-12)8-15(20)19-14-6-3-11(9-18)7-13(14)17/h1-7H,8-9,18H2,(H,19,20). The largest absolute Gasteiger partial charge is 0.326 e. The fourth-order valence-electron chi connectivity index (χ4n) is 1.77. The third-order valence-electron chi connectivity index (χ3n) is 2.82. The van der Waals surface area contributed by atoms with E-state index in [9.17, 15) is 13.6 Å². The third kappa shape index (κ3) is 3.61. The molecule has 0 radical (unpaired) electrons. The van der Waals surface area contributed by atoms with E-state index in [2.05, 4.69) is 5.32 Å². The maximum Gasteiger partial charge on any atom is 0.228 e. The normalized spacial score (nSPS) is 10.3. The Morgan fingerprint density at radius 2 is 1.70 bits per heavy atom. The fourth-order valence-corrected chi connectivity index (χ4v) is 1.77. The summed E-state index contributed by atoms with van der Waals surface area (Å²) in [5.41, 5.74) is 6.81. The second-order valence-corrected chi connectivity index (χ2v) is 4.37. The van der Waals surface area contributed by atoms with Crippen molar-refractivity contribution in [1.29, 1.82) is 0 Å². The molecule has 0 aliphatic heterocycles. The lowest BCUT2D eigenvalue weighted by Gasteiger charge is -2.07. The zero-order valence-corrected chi connectivity index (χ0v) is 10.7. The lowest BCUT2D eigenvalue weighted by Crippen LogP contribution is -2.15. The molecule has 0 spiro atoms. The number of rotatable bonds is 4. The Bertz CT molecular complexity index is 612. The first-order valence-electron chi connectivity index (χ1n) is 6.11. The van der Waals surface area contributed by atoms with Gasteiger partial charge in [-0.1, -0.05) is 18.2 Å². The lowest BCUT2D eigenvalue weighted by atomic mass is 10.1. The Morgan fingerprint density at radius 1 is 1.05 bits per heavy atom. The molecule has 2 aromatic rings. The number of hydrogen-bond donors (Lipinski definition) is 2. The number of hydrogen-bond acceptors (Lipinski definition) is 2. The summed E-state index contributed by atoms with van der Waals surface area (Å²) in [5, 5.41) is 2.48. The Kier molecular flexibility index (Phi) is 4.42. The van der Waals surface area contributed by atoms with Crippen molar-refractivity contribution in [2.45, 2.75) is 13.0 Å². The molecule has 1 amide bonds. The summed E-state index contributed by atoms with van der Waals surface area (Å²) in [7, 11) is 0. The van der Waals surface area contributed by atoms with Gasteiger partial charge in [-0.05, 0) is 35.4 Å². The van der Waals surface area contributed by atoms with Crippen LogP contribution in [0.1, 0.15) is 11.1 Å². The van der Waals surface area contributed by atoms with Gasteiger partial charge in [0.1, 0.15) is 11.6 Å². The van der Waals surface area contributed by atoms with Gasteiger partial charge >= 0.3 is 0 Å². The van der Waals surface area contributed by atoms with Crippen LogP contribution in [0.15, 0.2) is 42.5 Å². The van der Waals surface area contributed by atoms with E-state index in [1.54, 1.807) is 6.07 Å². The molecule has 0 heterocycles. The van der Waals surface area contributed by atoms with Gasteiger partial charge in [-0.15, -0.1) is 0 Å². The van der Waals surface area contributed by atoms with E-state index in [0.717, 1.165) is 0 Å². The highest BCUT2D eigenvalue weighted by Crippen LogP contribution is 2.16. The summed E-state index contributed by atoms with van der Waals surface area (Å²) in [6.07, 6.45) is 0.0539. The van der Waals surface area contributed by atoms with Crippen molar-refractivity contribution in [2.75, 3.05) is 5.32 Å². The highest BCUT2D eigenvalue weighted by molar-refractivity contribution is 5.92. The highest BCUT2D eigenvalue weighted by Gasteiger charge is 2.08. The van der Waals surface area contributed by atoms with Crippen LogP contribution in [0.2, 0.25) is 0 Å². The van der Waals surface area contributed by atoms with Crippen LogP contribution in [0.25, 0.3) is 0 Å². The number of carbonyl (C=O) groups is 1. The molecule has 0 unspecified atom stereocenters. The third-order valence-corrected chi connectivity index (χ3v) is 2.82. The number of nitrogens with one attached hydrogen (secondary N) is 1. The van der Waals surface area contributed by atoms with Crippen molar-refractivity contribution in [2.24, 2.45) is 5.73 Å². The van der Waals surface area contributed by atoms with E-state index in [-0.39, 0.29) is 30.4 Å². The van der Waals surface area contributed by atoms with Crippen LogP contribution in [-0.4, -0.2) is 5.91 Å². The van der Waals surface area contributed by atoms with Gasteiger partial charge in [0.25, 0.3) is 0 Å². The summed E-state index contributed by atoms with van der Waals surface area (Å²) in [5.74, 6) is -1.26. The van der Waals surface area contributed by atoms with Gasteiger partial charge in [-0.25, -0.2) is 8.78 Å². The van der Waals surface area contributed by atoms with Crippen LogP contribution in [-0.2, 0) is 17.8 Å². The minimum Gasteiger partial charge on any atom is -0.326 e. The van der Waals surface area contributed by atoms with Gasteiger partial charge in [0, 0.05) is 6.54 Å². The Hall–Kier alpha value is -2.27. The van der Waals surface area contributed by atoms with Crippen molar-refractivity contribution in [1.82, 2.24) is 0 Å².